The largest absolute Gasteiger partial charge is 0.457 e. The highest BCUT2D eigenvalue weighted by atomic mass is 16.5. The van der Waals surface area contributed by atoms with Gasteiger partial charge in [-0.1, -0.05) is 48.0 Å². The summed E-state index contributed by atoms with van der Waals surface area (Å²) in [6.07, 6.45) is 1.83. The standard InChI is InChI=1S/C16H18N2O2.C9H11NO/c1-11-2-6-13(7-3-11)20-14-8-4-12(5-9-14)10-15(17)16(18)19;1-10-9-5-3-2-4-8(9)6-7-11/h2-9,15H,10,17H2,1H3,(H2,18,19);2-5,7,10H,6H2,1H3. The molecule has 0 fully saturated rings. The van der Waals surface area contributed by atoms with Crippen LogP contribution >= 0.6 is 0 Å². The molecule has 6 heteroatoms. The maximum absolute atomic E-state index is 10.9. The molecule has 0 aliphatic carbocycles. The number of rotatable bonds is 8. The number of hydrogen-bond donors (Lipinski definition) is 3. The van der Waals surface area contributed by atoms with Crippen molar-refractivity contribution in [3.63, 3.8) is 0 Å². The summed E-state index contributed by atoms with van der Waals surface area (Å²) in [5, 5.41) is 3.02. The zero-order chi connectivity index (χ0) is 22.6. The van der Waals surface area contributed by atoms with Crippen molar-refractivity contribution in [2.45, 2.75) is 25.8 Å². The number of benzene rings is 3. The molecule has 3 aromatic carbocycles. The summed E-state index contributed by atoms with van der Waals surface area (Å²) in [7, 11) is 1.85. The van der Waals surface area contributed by atoms with Crippen molar-refractivity contribution in [3.05, 3.63) is 89.5 Å². The van der Waals surface area contributed by atoms with Gasteiger partial charge in [-0.05, 0) is 54.8 Å². The molecule has 0 radical (unpaired) electrons. The second-order valence-corrected chi connectivity index (χ2v) is 7.05. The summed E-state index contributed by atoms with van der Waals surface area (Å²) in [4.78, 5) is 21.1. The van der Waals surface area contributed by atoms with E-state index in [1.165, 1.54) is 5.56 Å². The highest BCUT2D eigenvalue weighted by Crippen LogP contribution is 2.22. The Hall–Kier alpha value is -3.64. The van der Waals surface area contributed by atoms with Crippen molar-refractivity contribution in [2.24, 2.45) is 11.5 Å². The Labute approximate surface area is 183 Å². The lowest BCUT2D eigenvalue weighted by atomic mass is 10.1. The zero-order valence-corrected chi connectivity index (χ0v) is 17.9. The van der Waals surface area contributed by atoms with E-state index in [1.807, 2.05) is 86.8 Å². The molecule has 0 heterocycles. The highest BCUT2D eigenvalue weighted by Gasteiger charge is 2.09. The lowest BCUT2D eigenvalue weighted by molar-refractivity contribution is -0.119. The number of carbonyl (C=O) groups is 2. The summed E-state index contributed by atoms with van der Waals surface area (Å²) in [6.45, 7) is 2.03. The van der Waals surface area contributed by atoms with Crippen LogP contribution in [-0.2, 0) is 22.4 Å². The molecule has 31 heavy (non-hydrogen) atoms. The van der Waals surface area contributed by atoms with Gasteiger partial charge in [0.25, 0.3) is 0 Å². The monoisotopic (exact) mass is 419 g/mol. The lowest BCUT2D eigenvalue weighted by Gasteiger charge is -2.09. The van der Waals surface area contributed by atoms with Gasteiger partial charge in [-0.25, -0.2) is 0 Å². The van der Waals surface area contributed by atoms with E-state index in [1.54, 1.807) is 0 Å². The van der Waals surface area contributed by atoms with Crippen molar-refractivity contribution in [2.75, 3.05) is 12.4 Å². The Bertz CT molecular complexity index is 970. The van der Waals surface area contributed by atoms with Crippen LogP contribution in [0.4, 0.5) is 5.69 Å². The number of ether oxygens (including phenoxy) is 1. The van der Waals surface area contributed by atoms with E-state index >= 15 is 0 Å². The number of aryl methyl sites for hydroxylation is 1. The van der Waals surface area contributed by atoms with Crippen LogP contribution in [0.3, 0.4) is 0 Å². The number of hydrogen-bond acceptors (Lipinski definition) is 5. The molecule has 162 valence electrons. The van der Waals surface area contributed by atoms with Gasteiger partial charge in [0, 0.05) is 19.2 Å². The first-order valence-corrected chi connectivity index (χ1v) is 10.0. The van der Waals surface area contributed by atoms with E-state index < -0.39 is 11.9 Å². The average molecular weight is 420 g/mol. The van der Waals surface area contributed by atoms with Crippen molar-refractivity contribution in [1.82, 2.24) is 0 Å². The number of nitrogens with two attached hydrogens (primary N) is 2. The van der Waals surface area contributed by atoms with Gasteiger partial charge in [0.15, 0.2) is 0 Å². The molecule has 0 bridgehead atoms. The van der Waals surface area contributed by atoms with Crippen LogP contribution in [0.1, 0.15) is 16.7 Å². The number of primary amides is 1. The van der Waals surface area contributed by atoms with Gasteiger partial charge >= 0.3 is 0 Å². The highest BCUT2D eigenvalue weighted by molar-refractivity contribution is 5.79. The molecule has 0 aliphatic heterocycles. The SMILES string of the molecule is CNc1ccccc1CC=O.Cc1ccc(Oc2ccc(CC(N)C(N)=O)cc2)cc1. The first-order chi connectivity index (χ1) is 14.9. The van der Waals surface area contributed by atoms with E-state index in [0.717, 1.165) is 34.6 Å². The Morgan fingerprint density at radius 3 is 2.13 bits per heavy atom. The van der Waals surface area contributed by atoms with Gasteiger partial charge in [-0.15, -0.1) is 0 Å². The smallest absolute Gasteiger partial charge is 0.234 e. The molecule has 0 saturated carbocycles. The van der Waals surface area contributed by atoms with E-state index in [4.69, 9.17) is 16.2 Å². The molecule has 0 aliphatic rings. The van der Waals surface area contributed by atoms with Crippen LogP contribution in [-0.4, -0.2) is 25.3 Å². The van der Waals surface area contributed by atoms with Crippen molar-refractivity contribution < 1.29 is 14.3 Å². The predicted octanol–water partition coefficient (Wildman–Crippen LogP) is 3.61. The summed E-state index contributed by atoms with van der Waals surface area (Å²) in [6, 6.07) is 22.4. The van der Waals surface area contributed by atoms with Crippen molar-refractivity contribution in [1.29, 1.82) is 0 Å². The normalized spacial score (nSPS) is 10.9. The quantitative estimate of drug-likeness (QED) is 0.484. The van der Waals surface area contributed by atoms with E-state index in [-0.39, 0.29) is 0 Å². The van der Waals surface area contributed by atoms with Crippen molar-refractivity contribution >= 4 is 17.9 Å². The molecule has 3 rings (SSSR count). The van der Waals surface area contributed by atoms with Crippen LogP contribution in [0.2, 0.25) is 0 Å². The Kier molecular flexibility index (Phi) is 9.26. The molecule has 3 aromatic rings. The first kappa shape index (κ1) is 23.6. The van der Waals surface area contributed by atoms with Gasteiger partial charge in [0.05, 0.1) is 6.04 Å². The summed E-state index contributed by atoms with van der Waals surface area (Å²) < 4.78 is 5.72. The van der Waals surface area contributed by atoms with Crippen LogP contribution < -0.4 is 21.5 Å². The van der Waals surface area contributed by atoms with Crippen LogP contribution in [0.15, 0.2) is 72.8 Å². The minimum atomic E-state index is -0.654. The van der Waals surface area contributed by atoms with Gasteiger partial charge < -0.3 is 26.3 Å². The number of carbonyl (C=O) groups excluding carboxylic acids is 2. The second kappa shape index (κ2) is 12.1. The van der Waals surface area contributed by atoms with E-state index in [0.29, 0.717) is 12.8 Å². The summed E-state index contributed by atoms with van der Waals surface area (Å²) >= 11 is 0. The van der Waals surface area contributed by atoms with Crippen LogP contribution in [0, 0.1) is 6.92 Å². The molecule has 1 atom stereocenters. The summed E-state index contributed by atoms with van der Waals surface area (Å²) in [5.74, 6) is 1.03. The number of anilines is 1. The zero-order valence-electron chi connectivity index (χ0n) is 17.9. The van der Waals surface area contributed by atoms with E-state index in [9.17, 15) is 9.59 Å². The predicted molar refractivity (Wildman–Crippen MR) is 124 cm³/mol. The third-order valence-electron chi connectivity index (χ3n) is 4.59. The molecular formula is C25H29N3O3. The number of nitrogens with one attached hydrogen (secondary N) is 1. The fourth-order valence-electron chi connectivity index (χ4n) is 2.82. The number of para-hydroxylation sites is 1. The maximum Gasteiger partial charge on any atom is 0.234 e. The fraction of sp³-hybridized carbons (Fsp3) is 0.200. The van der Waals surface area contributed by atoms with Gasteiger partial charge in [-0.3, -0.25) is 4.79 Å². The third-order valence-corrected chi connectivity index (χ3v) is 4.59. The molecule has 1 amide bonds. The second-order valence-electron chi connectivity index (χ2n) is 7.05. The van der Waals surface area contributed by atoms with Gasteiger partial charge in [0.1, 0.15) is 17.8 Å². The maximum atomic E-state index is 10.9. The third kappa shape index (κ3) is 7.95. The summed E-state index contributed by atoms with van der Waals surface area (Å²) in [5.41, 5.74) is 15.0. The Morgan fingerprint density at radius 1 is 1.00 bits per heavy atom. The van der Waals surface area contributed by atoms with Gasteiger partial charge in [-0.2, -0.15) is 0 Å². The molecular weight excluding hydrogens is 390 g/mol. The Balaban J connectivity index is 0.000000262. The van der Waals surface area contributed by atoms with Crippen LogP contribution in [0.5, 0.6) is 11.5 Å². The van der Waals surface area contributed by atoms with Gasteiger partial charge in [0.2, 0.25) is 5.91 Å². The minimum absolute atomic E-state index is 0.431. The molecule has 0 aromatic heterocycles. The average Bonchev–Trinajstić information content (AvgIpc) is 2.77. The topological polar surface area (TPSA) is 107 Å². The van der Waals surface area contributed by atoms with E-state index in [2.05, 4.69) is 5.32 Å². The lowest BCUT2D eigenvalue weighted by Crippen LogP contribution is -2.38. The Morgan fingerprint density at radius 2 is 1.58 bits per heavy atom. The fourth-order valence-corrected chi connectivity index (χ4v) is 2.82. The van der Waals surface area contributed by atoms with Crippen LogP contribution in [0.25, 0.3) is 0 Å². The molecule has 0 spiro atoms. The molecule has 6 nitrogen and oxygen atoms in total. The van der Waals surface area contributed by atoms with Crippen molar-refractivity contribution in [3.8, 4) is 11.5 Å². The molecule has 5 N–H and O–H groups in total. The number of aldehydes is 1. The first-order valence-electron chi connectivity index (χ1n) is 10.0. The number of amides is 1. The molecule has 0 saturated heterocycles. The minimum Gasteiger partial charge on any atom is -0.457 e. The molecule has 1 unspecified atom stereocenters.